The Hall–Kier alpha value is -1.03. The van der Waals surface area contributed by atoms with Gasteiger partial charge in [0.2, 0.25) is 0 Å². The van der Waals surface area contributed by atoms with E-state index in [0.717, 1.165) is 0 Å². The van der Waals surface area contributed by atoms with Crippen LogP contribution in [0.4, 0.5) is 0 Å². The Bertz CT molecular complexity index is 396. The van der Waals surface area contributed by atoms with Gasteiger partial charge in [-0.2, -0.15) is 0 Å². The Labute approximate surface area is 70.8 Å². The number of fused-ring (bicyclic) bond motifs is 1. The van der Waals surface area contributed by atoms with Gasteiger partial charge < -0.3 is 9.52 Å². The number of phenols is 1. The molecule has 0 unspecified atom stereocenters. The summed E-state index contributed by atoms with van der Waals surface area (Å²) in [5, 5.41) is 9.37. The summed E-state index contributed by atoms with van der Waals surface area (Å²) in [6, 6.07) is 3.49. The molecule has 56 valence electrons. The number of aromatic hydroxyl groups is 1. The summed E-state index contributed by atoms with van der Waals surface area (Å²) < 4.78 is 5.55. The van der Waals surface area contributed by atoms with Gasteiger partial charge in [0.05, 0.1) is 4.47 Å². The number of oxazole rings is 1. The standard InChI is InChI=1S/C7H4BrNO2/c8-4-1-2-5-7(6(4)10)11-3-9-5/h1-3,10H. The molecule has 2 rings (SSSR count). The lowest BCUT2D eigenvalue weighted by Crippen LogP contribution is -1.70. The summed E-state index contributed by atoms with van der Waals surface area (Å²) in [6.07, 6.45) is 1.30. The van der Waals surface area contributed by atoms with Gasteiger partial charge in [0.15, 0.2) is 17.7 Å². The summed E-state index contributed by atoms with van der Waals surface area (Å²) in [7, 11) is 0. The summed E-state index contributed by atoms with van der Waals surface area (Å²) in [5.41, 5.74) is 1.07. The van der Waals surface area contributed by atoms with E-state index >= 15 is 0 Å². The van der Waals surface area contributed by atoms with E-state index in [-0.39, 0.29) is 5.75 Å². The van der Waals surface area contributed by atoms with Crippen molar-refractivity contribution in [1.29, 1.82) is 0 Å². The van der Waals surface area contributed by atoms with E-state index in [1.165, 1.54) is 6.39 Å². The van der Waals surface area contributed by atoms with Crippen LogP contribution in [-0.2, 0) is 0 Å². The first kappa shape index (κ1) is 6.67. The molecule has 1 aromatic carbocycles. The highest BCUT2D eigenvalue weighted by Crippen LogP contribution is 2.31. The van der Waals surface area contributed by atoms with Gasteiger partial charge >= 0.3 is 0 Å². The number of benzene rings is 1. The van der Waals surface area contributed by atoms with Gasteiger partial charge in [0.1, 0.15) is 5.52 Å². The Morgan fingerprint density at radius 3 is 3.09 bits per heavy atom. The first-order chi connectivity index (χ1) is 5.29. The SMILES string of the molecule is Oc1c(Br)ccc2ncoc12. The summed E-state index contributed by atoms with van der Waals surface area (Å²) in [5.74, 6) is 0.0972. The zero-order valence-electron chi connectivity index (χ0n) is 5.41. The van der Waals surface area contributed by atoms with Crippen molar-refractivity contribution in [3.8, 4) is 5.75 Å². The van der Waals surface area contributed by atoms with Gasteiger partial charge in [-0.05, 0) is 28.1 Å². The number of rotatable bonds is 0. The molecule has 0 aliphatic rings. The van der Waals surface area contributed by atoms with Crippen molar-refractivity contribution in [3.05, 3.63) is 23.0 Å². The van der Waals surface area contributed by atoms with Crippen LogP contribution >= 0.6 is 15.9 Å². The van der Waals surface area contributed by atoms with Gasteiger partial charge in [-0.1, -0.05) is 0 Å². The van der Waals surface area contributed by atoms with Gasteiger partial charge in [-0.3, -0.25) is 0 Å². The molecule has 1 aromatic heterocycles. The van der Waals surface area contributed by atoms with Crippen molar-refractivity contribution >= 4 is 27.0 Å². The summed E-state index contributed by atoms with van der Waals surface area (Å²) in [4.78, 5) is 3.87. The summed E-state index contributed by atoms with van der Waals surface area (Å²) >= 11 is 3.16. The lowest BCUT2D eigenvalue weighted by atomic mass is 10.3. The van der Waals surface area contributed by atoms with E-state index in [2.05, 4.69) is 20.9 Å². The molecule has 2 aromatic rings. The topological polar surface area (TPSA) is 46.3 Å². The number of aromatic nitrogens is 1. The van der Waals surface area contributed by atoms with Gasteiger partial charge in [-0.15, -0.1) is 0 Å². The third-order valence-corrected chi connectivity index (χ3v) is 2.06. The predicted octanol–water partition coefficient (Wildman–Crippen LogP) is 2.30. The molecule has 0 saturated heterocycles. The third-order valence-electron chi connectivity index (χ3n) is 1.42. The van der Waals surface area contributed by atoms with Crippen LogP contribution in [0.15, 0.2) is 27.4 Å². The molecule has 3 nitrogen and oxygen atoms in total. The first-order valence-electron chi connectivity index (χ1n) is 2.99. The highest BCUT2D eigenvalue weighted by atomic mass is 79.9. The molecule has 0 atom stereocenters. The summed E-state index contributed by atoms with van der Waals surface area (Å²) in [6.45, 7) is 0. The molecule has 0 bridgehead atoms. The average Bonchev–Trinajstić information content (AvgIpc) is 2.45. The molecule has 0 aliphatic heterocycles. The Kier molecular flexibility index (Phi) is 1.35. The quantitative estimate of drug-likeness (QED) is 0.731. The second kappa shape index (κ2) is 2.23. The van der Waals surface area contributed by atoms with Crippen LogP contribution in [0, 0.1) is 0 Å². The minimum Gasteiger partial charge on any atom is -0.503 e. The van der Waals surface area contributed by atoms with E-state index in [1.54, 1.807) is 12.1 Å². The average molecular weight is 214 g/mol. The highest BCUT2D eigenvalue weighted by Gasteiger charge is 2.06. The fraction of sp³-hybridized carbons (Fsp3) is 0. The Balaban J connectivity index is 2.93. The van der Waals surface area contributed by atoms with Gasteiger partial charge in [-0.25, -0.2) is 4.98 Å². The largest absolute Gasteiger partial charge is 0.503 e. The molecule has 0 radical (unpaired) electrons. The monoisotopic (exact) mass is 213 g/mol. The zero-order valence-corrected chi connectivity index (χ0v) is 7.00. The van der Waals surface area contributed by atoms with E-state index in [0.29, 0.717) is 15.6 Å². The van der Waals surface area contributed by atoms with Crippen molar-refractivity contribution in [1.82, 2.24) is 4.98 Å². The van der Waals surface area contributed by atoms with Crippen molar-refractivity contribution in [2.45, 2.75) is 0 Å². The fourth-order valence-corrected chi connectivity index (χ4v) is 1.20. The van der Waals surface area contributed by atoms with Crippen LogP contribution < -0.4 is 0 Å². The molecule has 1 N–H and O–H groups in total. The molecular formula is C7H4BrNO2. The van der Waals surface area contributed by atoms with Crippen LogP contribution in [0.25, 0.3) is 11.1 Å². The first-order valence-corrected chi connectivity index (χ1v) is 3.79. The molecule has 11 heavy (non-hydrogen) atoms. The van der Waals surface area contributed by atoms with Crippen molar-refractivity contribution in [2.75, 3.05) is 0 Å². The second-order valence-electron chi connectivity index (χ2n) is 2.10. The van der Waals surface area contributed by atoms with Gasteiger partial charge in [0.25, 0.3) is 0 Å². The molecule has 0 aliphatic carbocycles. The number of phenolic OH excluding ortho intramolecular Hbond substituents is 1. The van der Waals surface area contributed by atoms with E-state index in [1.807, 2.05) is 0 Å². The minimum atomic E-state index is 0.0972. The number of nitrogens with zero attached hydrogens (tertiary/aromatic N) is 1. The van der Waals surface area contributed by atoms with E-state index < -0.39 is 0 Å². The molecule has 0 spiro atoms. The second-order valence-corrected chi connectivity index (χ2v) is 2.95. The Morgan fingerprint density at radius 1 is 1.45 bits per heavy atom. The zero-order chi connectivity index (χ0) is 7.84. The normalized spacial score (nSPS) is 10.6. The predicted molar refractivity (Wildman–Crippen MR) is 43.4 cm³/mol. The number of hydrogen-bond acceptors (Lipinski definition) is 3. The highest BCUT2D eigenvalue weighted by molar-refractivity contribution is 9.10. The maximum absolute atomic E-state index is 9.37. The van der Waals surface area contributed by atoms with Crippen molar-refractivity contribution in [3.63, 3.8) is 0 Å². The maximum Gasteiger partial charge on any atom is 0.197 e. The van der Waals surface area contributed by atoms with E-state index in [4.69, 9.17) is 4.42 Å². The molecule has 1 heterocycles. The van der Waals surface area contributed by atoms with Crippen LogP contribution in [0.3, 0.4) is 0 Å². The van der Waals surface area contributed by atoms with Gasteiger partial charge in [0, 0.05) is 0 Å². The van der Waals surface area contributed by atoms with Crippen LogP contribution in [-0.4, -0.2) is 10.1 Å². The third kappa shape index (κ3) is 0.903. The molecular weight excluding hydrogens is 210 g/mol. The lowest BCUT2D eigenvalue weighted by Gasteiger charge is -1.93. The number of halogens is 1. The Morgan fingerprint density at radius 2 is 2.27 bits per heavy atom. The molecule has 0 fully saturated rings. The van der Waals surface area contributed by atoms with Crippen molar-refractivity contribution in [2.24, 2.45) is 0 Å². The maximum atomic E-state index is 9.37. The smallest absolute Gasteiger partial charge is 0.197 e. The van der Waals surface area contributed by atoms with Crippen LogP contribution in [0.2, 0.25) is 0 Å². The molecule has 0 saturated carbocycles. The fourth-order valence-electron chi connectivity index (χ4n) is 0.890. The van der Waals surface area contributed by atoms with Crippen LogP contribution in [0.1, 0.15) is 0 Å². The van der Waals surface area contributed by atoms with Crippen molar-refractivity contribution < 1.29 is 9.52 Å². The minimum absolute atomic E-state index is 0.0972. The number of hydrogen-bond donors (Lipinski definition) is 1. The lowest BCUT2D eigenvalue weighted by molar-refractivity contribution is 0.461. The van der Waals surface area contributed by atoms with E-state index in [9.17, 15) is 5.11 Å². The van der Waals surface area contributed by atoms with Crippen LogP contribution in [0.5, 0.6) is 5.75 Å². The molecule has 4 heteroatoms. The molecule has 0 amide bonds.